The third kappa shape index (κ3) is 5.89. The summed E-state index contributed by atoms with van der Waals surface area (Å²) < 4.78 is 5.64. The van der Waals surface area contributed by atoms with Gasteiger partial charge in [0.05, 0.1) is 11.8 Å². The highest BCUT2D eigenvalue weighted by atomic mass is 32.1. The fourth-order valence-electron chi connectivity index (χ4n) is 3.85. The van der Waals surface area contributed by atoms with E-state index in [0.29, 0.717) is 27.4 Å². The van der Waals surface area contributed by atoms with Crippen molar-refractivity contribution in [3.8, 4) is 11.5 Å². The third-order valence-electron chi connectivity index (χ3n) is 5.72. The molecule has 10 heteroatoms. The molecule has 0 radical (unpaired) electrons. The molecule has 0 bridgehead atoms. The number of nitrogens with one attached hydrogen (secondary N) is 2. The maximum atomic E-state index is 12.8. The van der Waals surface area contributed by atoms with Gasteiger partial charge >= 0.3 is 0 Å². The molecule has 0 unspecified atom stereocenters. The van der Waals surface area contributed by atoms with E-state index in [-0.39, 0.29) is 11.7 Å². The number of fused-ring (bicyclic) bond motifs is 1. The Morgan fingerprint density at radius 1 is 1.08 bits per heavy atom. The summed E-state index contributed by atoms with van der Waals surface area (Å²) in [4.78, 5) is 38.2. The summed E-state index contributed by atoms with van der Waals surface area (Å²) in [5.74, 6) is -0.805. The molecule has 0 spiro atoms. The number of hydrazone groups is 1. The minimum atomic E-state index is -0.836. The molecule has 9 nitrogen and oxygen atoms in total. The Morgan fingerprint density at radius 2 is 1.78 bits per heavy atom. The van der Waals surface area contributed by atoms with Gasteiger partial charge < -0.3 is 20.9 Å². The minimum absolute atomic E-state index is 0.141. The van der Waals surface area contributed by atoms with E-state index >= 15 is 0 Å². The average Bonchev–Trinajstić information content (AvgIpc) is 3.23. The first-order valence-corrected chi connectivity index (χ1v) is 12.3. The molecular formula is C26H26N4O5S. The second-order valence-corrected chi connectivity index (χ2v) is 9.45. The summed E-state index contributed by atoms with van der Waals surface area (Å²) in [6.07, 6.45) is 4.35. The van der Waals surface area contributed by atoms with E-state index in [9.17, 15) is 19.5 Å². The molecule has 4 rings (SSSR count). The Balaban J connectivity index is 1.34. The van der Waals surface area contributed by atoms with E-state index in [1.807, 2.05) is 0 Å². The van der Waals surface area contributed by atoms with Crippen molar-refractivity contribution in [1.82, 2.24) is 5.43 Å². The fourth-order valence-corrected chi connectivity index (χ4v) is 5.14. The van der Waals surface area contributed by atoms with Crippen LogP contribution in [0.5, 0.6) is 11.5 Å². The zero-order valence-electron chi connectivity index (χ0n) is 19.6. The van der Waals surface area contributed by atoms with Crippen molar-refractivity contribution in [2.75, 3.05) is 5.32 Å². The number of ether oxygens (including phenoxy) is 1. The van der Waals surface area contributed by atoms with Crippen LogP contribution >= 0.6 is 11.3 Å². The van der Waals surface area contributed by atoms with E-state index in [4.69, 9.17) is 10.5 Å². The number of carbonyl (C=O) groups is 3. The summed E-state index contributed by atoms with van der Waals surface area (Å²) in [6.45, 7) is 1.58. The molecular weight excluding hydrogens is 480 g/mol. The van der Waals surface area contributed by atoms with Crippen LogP contribution in [0.3, 0.4) is 0 Å². The lowest BCUT2D eigenvalue weighted by Crippen LogP contribution is -2.33. The highest BCUT2D eigenvalue weighted by molar-refractivity contribution is 7.17. The van der Waals surface area contributed by atoms with E-state index in [0.717, 1.165) is 36.1 Å². The van der Waals surface area contributed by atoms with Gasteiger partial charge in [0.25, 0.3) is 17.7 Å². The normalized spacial score (nSPS) is 13.6. The molecule has 1 aliphatic carbocycles. The molecule has 3 aromatic rings. The van der Waals surface area contributed by atoms with Gasteiger partial charge in [-0.05, 0) is 92.3 Å². The molecule has 1 aliphatic rings. The van der Waals surface area contributed by atoms with Crippen molar-refractivity contribution in [2.24, 2.45) is 10.8 Å². The number of carbonyl (C=O) groups excluding carboxylic acids is 3. The topological polar surface area (TPSA) is 143 Å². The number of hydrogen-bond donors (Lipinski definition) is 4. The summed E-state index contributed by atoms with van der Waals surface area (Å²) >= 11 is 1.41. The number of aryl methyl sites for hydroxylation is 1. The van der Waals surface area contributed by atoms with Crippen LogP contribution in [0.2, 0.25) is 0 Å². The first kappa shape index (κ1) is 24.9. The molecule has 0 saturated carbocycles. The first-order chi connectivity index (χ1) is 17.3. The minimum Gasteiger partial charge on any atom is -0.508 e. The van der Waals surface area contributed by atoms with Gasteiger partial charge in [-0.15, -0.1) is 11.3 Å². The monoisotopic (exact) mass is 506 g/mol. The van der Waals surface area contributed by atoms with Gasteiger partial charge in [0.2, 0.25) is 0 Å². The number of rotatable bonds is 8. The Kier molecular flexibility index (Phi) is 7.65. The zero-order chi connectivity index (χ0) is 25.7. The number of hydrogen-bond acceptors (Lipinski definition) is 7. The largest absolute Gasteiger partial charge is 0.508 e. The first-order valence-electron chi connectivity index (χ1n) is 11.5. The van der Waals surface area contributed by atoms with Crippen LogP contribution in [0.15, 0.2) is 53.6 Å². The molecule has 1 atom stereocenters. The predicted molar refractivity (Wildman–Crippen MR) is 138 cm³/mol. The fraction of sp³-hybridized carbons (Fsp3) is 0.231. The molecule has 0 aliphatic heterocycles. The van der Waals surface area contributed by atoms with Crippen LogP contribution < -0.4 is 21.2 Å². The van der Waals surface area contributed by atoms with E-state index in [2.05, 4.69) is 15.8 Å². The van der Waals surface area contributed by atoms with Crippen LogP contribution in [0, 0.1) is 0 Å². The van der Waals surface area contributed by atoms with Crippen molar-refractivity contribution in [2.45, 2.75) is 38.7 Å². The summed E-state index contributed by atoms with van der Waals surface area (Å²) in [6, 6.07) is 12.7. The number of phenols is 1. The van der Waals surface area contributed by atoms with E-state index in [1.54, 1.807) is 43.3 Å². The number of primary amides is 1. The van der Waals surface area contributed by atoms with Gasteiger partial charge in [0, 0.05) is 10.4 Å². The van der Waals surface area contributed by atoms with Crippen molar-refractivity contribution < 1.29 is 24.2 Å². The van der Waals surface area contributed by atoms with E-state index < -0.39 is 17.9 Å². The third-order valence-corrected chi connectivity index (χ3v) is 6.93. The van der Waals surface area contributed by atoms with Gasteiger partial charge in [-0.2, -0.15) is 5.10 Å². The second-order valence-electron chi connectivity index (χ2n) is 8.34. The quantitative estimate of drug-likeness (QED) is 0.273. The maximum Gasteiger partial charge on any atom is 0.280 e. The van der Waals surface area contributed by atoms with Gasteiger partial charge in [0.15, 0.2) is 6.10 Å². The van der Waals surface area contributed by atoms with Crippen LogP contribution in [0.25, 0.3) is 0 Å². The number of thiophene rings is 1. The molecule has 5 N–H and O–H groups in total. The van der Waals surface area contributed by atoms with Gasteiger partial charge in [0.1, 0.15) is 16.5 Å². The summed E-state index contributed by atoms with van der Waals surface area (Å²) in [5, 5.41) is 16.5. The zero-order valence-corrected chi connectivity index (χ0v) is 20.4. The number of phenolic OH excluding ortho intramolecular Hbond substituents is 1. The van der Waals surface area contributed by atoms with Crippen molar-refractivity contribution in [3.63, 3.8) is 0 Å². The van der Waals surface area contributed by atoms with Gasteiger partial charge in [-0.3, -0.25) is 14.4 Å². The predicted octanol–water partition coefficient (Wildman–Crippen LogP) is 3.60. The van der Waals surface area contributed by atoms with Crippen molar-refractivity contribution in [1.29, 1.82) is 0 Å². The maximum absolute atomic E-state index is 12.8. The van der Waals surface area contributed by atoms with Gasteiger partial charge in [-0.25, -0.2) is 5.43 Å². The molecule has 186 valence electrons. The Bertz CT molecular complexity index is 1300. The SMILES string of the molecule is C[C@@H](Oc1ccc(C(=O)Nc2sc3c(c2C(N)=O)CCCC3)cc1)C(=O)N/N=C\c1ccc(O)cc1. The average molecular weight is 507 g/mol. The lowest BCUT2D eigenvalue weighted by molar-refractivity contribution is -0.127. The number of nitrogens with zero attached hydrogens (tertiary/aromatic N) is 1. The molecule has 36 heavy (non-hydrogen) atoms. The van der Waals surface area contributed by atoms with Crippen LogP contribution in [0.4, 0.5) is 5.00 Å². The number of aromatic hydroxyl groups is 1. The molecule has 2 aromatic carbocycles. The molecule has 1 heterocycles. The van der Waals surface area contributed by atoms with Crippen LogP contribution in [-0.4, -0.2) is 35.1 Å². The van der Waals surface area contributed by atoms with Crippen LogP contribution in [0.1, 0.15) is 56.5 Å². The smallest absolute Gasteiger partial charge is 0.280 e. The highest BCUT2D eigenvalue weighted by Gasteiger charge is 2.25. The molecule has 0 fully saturated rings. The van der Waals surface area contributed by atoms with Gasteiger partial charge in [-0.1, -0.05) is 0 Å². The summed E-state index contributed by atoms with van der Waals surface area (Å²) in [5.41, 5.74) is 10.5. The number of benzene rings is 2. The lowest BCUT2D eigenvalue weighted by Gasteiger charge is -2.13. The number of anilines is 1. The van der Waals surface area contributed by atoms with E-state index in [1.165, 1.54) is 29.7 Å². The molecule has 1 aromatic heterocycles. The Morgan fingerprint density at radius 3 is 2.47 bits per heavy atom. The van der Waals surface area contributed by atoms with Crippen LogP contribution in [-0.2, 0) is 17.6 Å². The summed E-state index contributed by atoms with van der Waals surface area (Å²) in [7, 11) is 0. The number of nitrogens with two attached hydrogens (primary N) is 1. The lowest BCUT2D eigenvalue weighted by atomic mass is 9.95. The second kappa shape index (κ2) is 11.0. The van der Waals surface area contributed by atoms with Crippen molar-refractivity contribution >= 4 is 40.3 Å². The Labute approximate surface area is 212 Å². The molecule has 0 saturated heterocycles. The standard InChI is InChI=1S/C26H26N4O5S/c1-15(24(33)30-28-14-16-6-10-18(31)11-7-16)35-19-12-8-17(9-13-19)25(34)29-26-22(23(27)32)20-4-2-3-5-21(20)36-26/h6-15,31H,2-5H2,1H3,(H2,27,32)(H,29,34)(H,30,33)/b28-14-/t15-/m1/s1. The molecule has 3 amide bonds. The van der Waals surface area contributed by atoms with Crippen molar-refractivity contribution in [3.05, 3.63) is 75.7 Å². The highest BCUT2D eigenvalue weighted by Crippen LogP contribution is 2.38. The number of amides is 3. The Hall–Kier alpha value is -4.18.